The average Bonchev–Trinajstić information content (AvgIpc) is 2.29. The Morgan fingerprint density at radius 3 is 2.67 bits per heavy atom. The molecular weight excluding hydrogens is 222 g/mol. The van der Waals surface area contributed by atoms with Crippen molar-refractivity contribution in [3.8, 4) is 0 Å². The van der Waals surface area contributed by atoms with Crippen LogP contribution in [-0.2, 0) is 0 Å². The summed E-state index contributed by atoms with van der Waals surface area (Å²) in [5, 5.41) is 4.74. The Labute approximate surface area is 109 Å². The maximum absolute atomic E-state index is 4.58. The van der Waals surface area contributed by atoms with Crippen LogP contribution in [0.3, 0.4) is 0 Å². The predicted molar refractivity (Wildman–Crippen MR) is 77.4 cm³/mol. The summed E-state index contributed by atoms with van der Waals surface area (Å²) < 4.78 is 0. The molecule has 2 aromatic rings. The van der Waals surface area contributed by atoms with Crippen LogP contribution in [0.1, 0.15) is 11.3 Å². The molecule has 1 heterocycles. The first-order valence-corrected chi connectivity index (χ1v) is 6.47. The molecule has 0 spiro atoms. The van der Waals surface area contributed by atoms with Gasteiger partial charge in [0, 0.05) is 16.8 Å². The van der Waals surface area contributed by atoms with E-state index in [1.807, 2.05) is 6.92 Å². The van der Waals surface area contributed by atoms with Gasteiger partial charge in [0.2, 0.25) is 0 Å². The summed E-state index contributed by atoms with van der Waals surface area (Å²) in [7, 11) is 4.34. The van der Waals surface area contributed by atoms with Gasteiger partial charge in [0.1, 0.15) is 0 Å². The Balaban J connectivity index is 2.32. The molecule has 2 rings (SSSR count). The lowest BCUT2D eigenvalue weighted by molar-refractivity contribution is -0.856. The zero-order valence-electron chi connectivity index (χ0n) is 11.7. The second-order valence-corrected chi connectivity index (χ2v) is 5.22. The summed E-state index contributed by atoms with van der Waals surface area (Å²) in [6.45, 7) is 6.25. The number of likely N-dealkylation sites (N-methyl/N-ethyl adjacent to an activating group) is 1. The monoisotopic (exact) mass is 244 g/mol. The smallest absolute Gasteiger partial charge is 0.0942 e. The topological polar surface area (TPSA) is 29.4 Å². The van der Waals surface area contributed by atoms with Gasteiger partial charge in [-0.3, -0.25) is 4.98 Å². The van der Waals surface area contributed by atoms with Crippen molar-refractivity contribution in [2.45, 2.75) is 13.8 Å². The fraction of sp³-hybridized carbons (Fsp3) is 0.400. The van der Waals surface area contributed by atoms with Crippen LogP contribution in [-0.4, -0.2) is 32.2 Å². The Hall–Kier alpha value is -1.61. The quantitative estimate of drug-likeness (QED) is 0.851. The molecule has 1 aromatic heterocycles. The zero-order chi connectivity index (χ0) is 13.1. The van der Waals surface area contributed by atoms with Crippen molar-refractivity contribution >= 4 is 16.6 Å². The van der Waals surface area contributed by atoms with Crippen molar-refractivity contribution in [2.75, 3.05) is 32.5 Å². The first kappa shape index (κ1) is 12.8. The van der Waals surface area contributed by atoms with E-state index in [2.05, 4.69) is 55.6 Å². The number of rotatable bonds is 4. The van der Waals surface area contributed by atoms with E-state index in [1.54, 1.807) is 0 Å². The third kappa shape index (κ3) is 2.99. The SMILES string of the molecule is Cc1ccc2nc(C)cc(NCC[NH+](C)C)c2c1. The van der Waals surface area contributed by atoms with Crippen molar-refractivity contribution in [2.24, 2.45) is 0 Å². The van der Waals surface area contributed by atoms with Crippen LogP contribution in [0.4, 0.5) is 5.69 Å². The summed E-state index contributed by atoms with van der Waals surface area (Å²) in [6.07, 6.45) is 0. The van der Waals surface area contributed by atoms with Gasteiger partial charge in [-0.15, -0.1) is 0 Å². The van der Waals surface area contributed by atoms with Crippen molar-refractivity contribution in [3.63, 3.8) is 0 Å². The molecule has 0 fully saturated rings. The van der Waals surface area contributed by atoms with E-state index in [9.17, 15) is 0 Å². The second kappa shape index (κ2) is 5.36. The average molecular weight is 244 g/mol. The molecule has 0 aliphatic rings. The fourth-order valence-electron chi connectivity index (χ4n) is 2.07. The van der Waals surface area contributed by atoms with E-state index in [0.29, 0.717) is 0 Å². The fourth-order valence-corrected chi connectivity index (χ4v) is 2.07. The Morgan fingerprint density at radius 2 is 1.94 bits per heavy atom. The van der Waals surface area contributed by atoms with E-state index in [4.69, 9.17) is 0 Å². The number of quaternary nitrogens is 1. The molecule has 0 atom stereocenters. The largest absolute Gasteiger partial charge is 0.379 e. The lowest BCUT2D eigenvalue weighted by Crippen LogP contribution is -3.06. The van der Waals surface area contributed by atoms with Crippen LogP contribution < -0.4 is 10.2 Å². The minimum absolute atomic E-state index is 0.981. The minimum Gasteiger partial charge on any atom is -0.379 e. The molecule has 0 aliphatic heterocycles. The third-order valence-corrected chi connectivity index (χ3v) is 3.03. The van der Waals surface area contributed by atoms with E-state index < -0.39 is 0 Å². The van der Waals surface area contributed by atoms with Crippen LogP contribution in [0.15, 0.2) is 24.3 Å². The van der Waals surface area contributed by atoms with Crippen molar-refractivity contribution in [1.29, 1.82) is 0 Å². The lowest BCUT2D eigenvalue weighted by Gasteiger charge is -2.12. The first-order valence-electron chi connectivity index (χ1n) is 6.47. The second-order valence-electron chi connectivity index (χ2n) is 5.22. The van der Waals surface area contributed by atoms with E-state index in [0.717, 1.165) is 24.3 Å². The molecule has 3 heteroatoms. The van der Waals surface area contributed by atoms with E-state index in [1.165, 1.54) is 21.5 Å². The summed E-state index contributed by atoms with van der Waals surface area (Å²) in [6, 6.07) is 8.54. The molecule has 0 radical (unpaired) electrons. The molecule has 0 saturated carbocycles. The van der Waals surface area contributed by atoms with Crippen molar-refractivity contribution in [3.05, 3.63) is 35.5 Å². The molecule has 0 unspecified atom stereocenters. The van der Waals surface area contributed by atoms with E-state index >= 15 is 0 Å². The highest BCUT2D eigenvalue weighted by Gasteiger charge is 2.04. The number of nitrogens with zero attached hydrogens (tertiary/aromatic N) is 1. The number of aryl methyl sites for hydroxylation is 2. The third-order valence-electron chi connectivity index (χ3n) is 3.03. The Bertz CT molecular complexity index is 547. The molecule has 0 aliphatic carbocycles. The molecule has 0 amide bonds. The van der Waals surface area contributed by atoms with Gasteiger partial charge >= 0.3 is 0 Å². The van der Waals surface area contributed by atoms with Gasteiger partial charge in [0.05, 0.1) is 32.7 Å². The molecule has 96 valence electrons. The van der Waals surface area contributed by atoms with Crippen molar-refractivity contribution < 1.29 is 4.90 Å². The summed E-state index contributed by atoms with van der Waals surface area (Å²) in [5.74, 6) is 0. The maximum Gasteiger partial charge on any atom is 0.0942 e. The molecule has 0 saturated heterocycles. The molecule has 18 heavy (non-hydrogen) atoms. The van der Waals surface area contributed by atoms with Crippen LogP contribution in [0.25, 0.3) is 10.9 Å². The summed E-state index contributed by atoms with van der Waals surface area (Å²) in [5.41, 5.74) is 4.60. The zero-order valence-corrected chi connectivity index (χ0v) is 11.7. The first-order chi connectivity index (χ1) is 8.56. The number of aromatic nitrogens is 1. The standard InChI is InChI=1S/C15H21N3/c1-11-5-6-14-13(9-11)15(10-12(2)17-14)16-7-8-18(3)4/h5-6,9-10H,7-8H2,1-4H3,(H,16,17)/p+1. The predicted octanol–water partition coefficient (Wildman–Crippen LogP) is 1.41. The van der Waals surface area contributed by atoms with Crippen molar-refractivity contribution in [1.82, 2.24) is 4.98 Å². The van der Waals surface area contributed by atoms with Crippen LogP contribution >= 0.6 is 0 Å². The van der Waals surface area contributed by atoms with Crippen LogP contribution in [0.2, 0.25) is 0 Å². The van der Waals surface area contributed by atoms with Gasteiger partial charge < -0.3 is 10.2 Å². The van der Waals surface area contributed by atoms with Gasteiger partial charge in [0.25, 0.3) is 0 Å². The van der Waals surface area contributed by atoms with Gasteiger partial charge in [-0.25, -0.2) is 0 Å². The number of benzene rings is 1. The molecule has 2 N–H and O–H groups in total. The van der Waals surface area contributed by atoms with Gasteiger partial charge in [0.15, 0.2) is 0 Å². The highest BCUT2D eigenvalue weighted by molar-refractivity contribution is 5.91. The highest BCUT2D eigenvalue weighted by atomic mass is 15.1. The van der Waals surface area contributed by atoms with Gasteiger partial charge in [-0.2, -0.15) is 0 Å². The number of fused-ring (bicyclic) bond motifs is 1. The van der Waals surface area contributed by atoms with Gasteiger partial charge in [-0.1, -0.05) is 11.6 Å². The number of hydrogen-bond donors (Lipinski definition) is 2. The molecular formula is C15H22N3+. The van der Waals surface area contributed by atoms with E-state index in [-0.39, 0.29) is 0 Å². The minimum atomic E-state index is 0.981. The molecule has 3 nitrogen and oxygen atoms in total. The van der Waals surface area contributed by atoms with Crippen LogP contribution in [0, 0.1) is 13.8 Å². The normalized spacial score (nSPS) is 11.2. The molecule has 0 bridgehead atoms. The molecule has 1 aromatic carbocycles. The maximum atomic E-state index is 4.58. The summed E-state index contributed by atoms with van der Waals surface area (Å²) in [4.78, 5) is 6.03. The number of pyridine rings is 1. The van der Waals surface area contributed by atoms with Crippen LogP contribution in [0.5, 0.6) is 0 Å². The Kier molecular flexibility index (Phi) is 3.82. The highest BCUT2D eigenvalue weighted by Crippen LogP contribution is 2.23. The number of anilines is 1. The number of nitrogens with one attached hydrogen (secondary N) is 2. The lowest BCUT2D eigenvalue weighted by atomic mass is 10.1. The van der Waals surface area contributed by atoms with Gasteiger partial charge in [-0.05, 0) is 32.0 Å². The summed E-state index contributed by atoms with van der Waals surface area (Å²) >= 11 is 0. The Morgan fingerprint density at radius 1 is 1.17 bits per heavy atom. The number of hydrogen-bond acceptors (Lipinski definition) is 2.